The quantitative estimate of drug-likeness (QED) is 0.506. The molecule has 1 fully saturated rings. The fraction of sp³-hybridized carbons (Fsp3) is 0.875. The third-order valence-electron chi connectivity index (χ3n) is 2.15. The maximum atomic E-state index is 10.4. The van der Waals surface area contributed by atoms with Gasteiger partial charge < -0.3 is 5.73 Å². The van der Waals surface area contributed by atoms with Gasteiger partial charge in [-0.25, -0.2) is 0 Å². The summed E-state index contributed by atoms with van der Waals surface area (Å²) in [6, 6.07) is 0.595. The van der Waals surface area contributed by atoms with E-state index in [-0.39, 0.29) is 5.91 Å². The van der Waals surface area contributed by atoms with Crippen LogP contribution in [-0.4, -0.2) is 18.5 Å². The van der Waals surface area contributed by atoms with Gasteiger partial charge in [0, 0.05) is 19.0 Å². The molecule has 0 unspecified atom stereocenters. The molecule has 4 nitrogen and oxygen atoms in total. The summed E-state index contributed by atoms with van der Waals surface area (Å²) in [6.45, 7) is 1.06. The van der Waals surface area contributed by atoms with E-state index in [1.165, 1.54) is 6.42 Å². The van der Waals surface area contributed by atoms with E-state index >= 15 is 0 Å². The van der Waals surface area contributed by atoms with Crippen LogP contribution >= 0.6 is 0 Å². The molecular formula is C8H17N3O. The normalized spacial score (nSPS) is 22.8. The highest BCUT2D eigenvalue weighted by atomic mass is 16.1. The first-order valence-electron chi connectivity index (χ1n) is 4.56. The summed E-state index contributed by atoms with van der Waals surface area (Å²) in [6.07, 6.45) is 4.87. The fourth-order valence-corrected chi connectivity index (χ4v) is 1.44. The maximum Gasteiger partial charge on any atom is 0.217 e. The van der Waals surface area contributed by atoms with Crippen molar-refractivity contribution in [1.82, 2.24) is 10.9 Å². The van der Waals surface area contributed by atoms with E-state index in [4.69, 9.17) is 5.73 Å². The van der Waals surface area contributed by atoms with E-state index in [1.807, 2.05) is 0 Å². The lowest BCUT2D eigenvalue weighted by molar-refractivity contribution is -0.118. The smallest absolute Gasteiger partial charge is 0.217 e. The summed E-state index contributed by atoms with van der Waals surface area (Å²) >= 11 is 0. The van der Waals surface area contributed by atoms with Crippen LogP contribution in [0.2, 0.25) is 0 Å². The lowest BCUT2D eigenvalue weighted by Gasteiger charge is -2.07. The molecule has 1 rings (SSSR count). The minimum absolute atomic E-state index is 0.187. The highest BCUT2D eigenvalue weighted by Crippen LogP contribution is 2.07. The number of primary amides is 1. The maximum absolute atomic E-state index is 10.4. The van der Waals surface area contributed by atoms with E-state index in [0.717, 1.165) is 25.8 Å². The monoisotopic (exact) mass is 171 g/mol. The van der Waals surface area contributed by atoms with Crippen molar-refractivity contribution >= 4 is 5.91 Å². The first-order chi connectivity index (χ1) is 5.79. The SMILES string of the molecule is NC(=O)CCCC[C@@H]1CCNN1. The molecule has 0 aromatic carbocycles. The predicted molar refractivity (Wildman–Crippen MR) is 47.2 cm³/mol. The van der Waals surface area contributed by atoms with Crippen molar-refractivity contribution in [2.75, 3.05) is 6.54 Å². The summed E-state index contributed by atoms with van der Waals surface area (Å²) in [5.41, 5.74) is 11.3. The zero-order valence-corrected chi connectivity index (χ0v) is 7.31. The number of hydrazine groups is 1. The van der Waals surface area contributed by atoms with Crippen molar-refractivity contribution in [2.45, 2.75) is 38.1 Å². The Morgan fingerprint density at radius 3 is 2.92 bits per heavy atom. The molecule has 0 saturated carbocycles. The van der Waals surface area contributed by atoms with Gasteiger partial charge in [-0.05, 0) is 19.3 Å². The Balaban J connectivity index is 1.91. The van der Waals surface area contributed by atoms with Gasteiger partial charge in [-0.1, -0.05) is 6.42 Å². The second-order valence-corrected chi connectivity index (χ2v) is 3.27. The summed E-state index contributed by atoms with van der Waals surface area (Å²) in [4.78, 5) is 10.4. The summed E-state index contributed by atoms with van der Waals surface area (Å²) in [7, 11) is 0. The summed E-state index contributed by atoms with van der Waals surface area (Å²) in [5.74, 6) is -0.187. The molecule has 1 aliphatic heterocycles. The van der Waals surface area contributed by atoms with Crippen LogP contribution in [0.15, 0.2) is 0 Å². The first kappa shape index (κ1) is 9.48. The number of amides is 1. The number of nitrogens with one attached hydrogen (secondary N) is 2. The van der Waals surface area contributed by atoms with Crippen LogP contribution < -0.4 is 16.6 Å². The zero-order chi connectivity index (χ0) is 8.81. The van der Waals surface area contributed by atoms with Gasteiger partial charge in [-0.3, -0.25) is 15.6 Å². The number of rotatable bonds is 5. The average molecular weight is 171 g/mol. The second kappa shape index (κ2) is 5.11. The molecule has 70 valence electrons. The Morgan fingerprint density at radius 2 is 2.33 bits per heavy atom. The van der Waals surface area contributed by atoms with Gasteiger partial charge in [0.1, 0.15) is 0 Å². The van der Waals surface area contributed by atoms with Gasteiger partial charge >= 0.3 is 0 Å². The first-order valence-corrected chi connectivity index (χ1v) is 4.56. The average Bonchev–Trinajstić information content (AvgIpc) is 2.49. The number of hydrogen-bond donors (Lipinski definition) is 3. The number of hydrogen-bond acceptors (Lipinski definition) is 3. The van der Waals surface area contributed by atoms with Crippen LogP contribution in [0.3, 0.4) is 0 Å². The Kier molecular flexibility index (Phi) is 4.04. The number of unbranched alkanes of at least 4 members (excludes halogenated alkanes) is 1. The van der Waals surface area contributed by atoms with Gasteiger partial charge in [0.25, 0.3) is 0 Å². The molecule has 1 saturated heterocycles. The number of nitrogens with two attached hydrogens (primary N) is 1. The van der Waals surface area contributed by atoms with Crippen LogP contribution in [0.25, 0.3) is 0 Å². The molecule has 0 bridgehead atoms. The lowest BCUT2D eigenvalue weighted by Crippen LogP contribution is -2.29. The van der Waals surface area contributed by atoms with Crippen LogP contribution in [0, 0.1) is 0 Å². The molecule has 1 atom stereocenters. The zero-order valence-electron chi connectivity index (χ0n) is 7.31. The predicted octanol–water partition coefficient (Wildman–Crippen LogP) is -0.101. The van der Waals surface area contributed by atoms with E-state index in [0.29, 0.717) is 12.5 Å². The third-order valence-corrected chi connectivity index (χ3v) is 2.15. The van der Waals surface area contributed by atoms with Crippen molar-refractivity contribution in [3.05, 3.63) is 0 Å². The Hall–Kier alpha value is -0.610. The minimum Gasteiger partial charge on any atom is -0.370 e. The molecule has 1 heterocycles. The van der Waals surface area contributed by atoms with Gasteiger partial charge in [-0.2, -0.15) is 0 Å². The molecule has 4 heteroatoms. The van der Waals surface area contributed by atoms with E-state index < -0.39 is 0 Å². The van der Waals surface area contributed by atoms with E-state index in [1.54, 1.807) is 0 Å². The van der Waals surface area contributed by atoms with Crippen LogP contribution in [0.4, 0.5) is 0 Å². The van der Waals surface area contributed by atoms with Crippen molar-refractivity contribution < 1.29 is 4.79 Å². The van der Waals surface area contributed by atoms with Crippen molar-refractivity contribution in [2.24, 2.45) is 5.73 Å². The van der Waals surface area contributed by atoms with Gasteiger partial charge in [0.15, 0.2) is 0 Å². The summed E-state index contributed by atoms with van der Waals surface area (Å²) < 4.78 is 0. The molecule has 0 spiro atoms. The number of carbonyl (C=O) groups is 1. The molecule has 0 aromatic rings. The lowest BCUT2D eigenvalue weighted by atomic mass is 10.1. The molecule has 0 radical (unpaired) electrons. The molecular weight excluding hydrogens is 154 g/mol. The van der Waals surface area contributed by atoms with Crippen molar-refractivity contribution in [3.63, 3.8) is 0 Å². The highest BCUT2D eigenvalue weighted by Gasteiger charge is 2.12. The largest absolute Gasteiger partial charge is 0.370 e. The van der Waals surface area contributed by atoms with Crippen LogP contribution in [0.5, 0.6) is 0 Å². The Morgan fingerprint density at radius 1 is 1.50 bits per heavy atom. The Bertz CT molecular complexity index is 143. The van der Waals surface area contributed by atoms with Crippen molar-refractivity contribution in [3.8, 4) is 0 Å². The fourth-order valence-electron chi connectivity index (χ4n) is 1.44. The molecule has 1 aliphatic rings. The van der Waals surface area contributed by atoms with E-state index in [2.05, 4.69) is 10.9 Å². The summed E-state index contributed by atoms with van der Waals surface area (Å²) in [5, 5.41) is 0. The van der Waals surface area contributed by atoms with Crippen molar-refractivity contribution in [1.29, 1.82) is 0 Å². The number of carbonyl (C=O) groups excluding carboxylic acids is 1. The van der Waals surface area contributed by atoms with Crippen LogP contribution in [0.1, 0.15) is 32.1 Å². The molecule has 12 heavy (non-hydrogen) atoms. The Labute approximate surface area is 72.9 Å². The standard InChI is InChI=1S/C8H17N3O/c9-8(12)4-2-1-3-7-5-6-10-11-7/h7,10-11H,1-6H2,(H2,9,12)/t7-/m1/s1. The van der Waals surface area contributed by atoms with Gasteiger partial charge in [0.2, 0.25) is 5.91 Å². The topological polar surface area (TPSA) is 67.2 Å². The molecule has 1 amide bonds. The van der Waals surface area contributed by atoms with E-state index in [9.17, 15) is 4.79 Å². The second-order valence-electron chi connectivity index (χ2n) is 3.27. The third kappa shape index (κ3) is 3.69. The highest BCUT2D eigenvalue weighted by molar-refractivity contribution is 5.73. The molecule has 0 aliphatic carbocycles. The minimum atomic E-state index is -0.187. The molecule has 4 N–H and O–H groups in total. The molecule has 0 aromatic heterocycles. The van der Waals surface area contributed by atoms with Gasteiger partial charge in [0.05, 0.1) is 0 Å². The van der Waals surface area contributed by atoms with Crippen LogP contribution in [-0.2, 0) is 4.79 Å². The van der Waals surface area contributed by atoms with Gasteiger partial charge in [-0.15, -0.1) is 0 Å².